The molecule has 3 aromatic carbocycles. The SMILES string of the molecule is O=S(=O)(CCOc1ccc(F)cc1)Nc1ccccc1-c1ccccc1. The Bertz CT molecular complexity index is 958. The highest BCUT2D eigenvalue weighted by molar-refractivity contribution is 7.92. The maximum atomic E-state index is 12.9. The van der Waals surface area contributed by atoms with Crippen molar-refractivity contribution in [3.05, 3.63) is 84.7 Å². The van der Waals surface area contributed by atoms with Gasteiger partial charge in [0, 0.05) is 5.56 Å². The van der Waals surface area contributed by atoms with E-state index in [4.69, 9.17) is 4.74 Å². The zero-order valence-corrected chi connectivity index (χ0v) is 14.7. The van der Waals surface area contributed by atoms with Gasteiger partial charge in [0.25, 0.3) is 0 Å². The van der Waals surface area contributed by atoms with Crippen molar-refractivity contribution in [2.24, 2.45) is 0 Å². The van der Waals surface area contributed by atoms with Crippen LogP contribution in [-0.2, 0) is 10.0 Å². The van der Waals surface area contributed by atoms with E-state index in [1.807, 2.05) is 42.5 Å². The average molecular weight is 371 g/mol. The Balaban J connectivity index is 1.67. The molecule has 0 aliphatic rings. The molecule has 0 bridgehead atoms. The van der Waals surface area contributed by atoms with Crippen LogP contribution in [0.4, 0.5) is 10.1 Å². The van der Waals surface area contributed by atoms with Crippen LogP contribution < -0.4 is 9.46 Å². The van der Waals surface area contributed by atoms with E-state index in [-0.39, 0.29) is 18.2 Å². The fraction of sp³-hybridized carbons (Fsp3) is 0.100. The standard InChI is InChI=1S/C20H18FNO3S/c21-17-10-12-18(13-11-17)25-14-15-26(23,24)22-20-9-5-4-8-19(20)16-6-2-1-3-7-16/h1-13,22H,14-15H2. The van der Waals surface area contributed by atoms with Gasteiger partial charge in [0.1, 0.15) is 23.9 Å². The zero-order valence-electron chi connectivity index (χ0n) is 13.9. The van der Waals surface area contributed by atoms with E-state index in [9.17, 15) is 12.8 Å². The summed E-state index contributed by atoms with van der Waals surface area (Å²) in [4.78, 5) is 0. The molecule has 0 atom stereocenters. The molecule has 1 N–H and O–H groups in total. The van der Waals surface area contributed by atoms with Crippen LogP contribution in [0, 0.1) is 5.82 Å². The Labute approximate surface area is 152 Å². The Kier molecular flexibility index (Phi) is 5.53. The van der Waals surface area contributed by atoms with Gasteiger partial charge in [0.15, 0.2) is 0 Å². The molecule has 134 valence electrons. The number of rotatable bonds is 7. The van der Waals surface area contributed by atoms with Gasteiger partial charge in [-0.15, -0.1) is 0 Å². The molecular formula is C20H18FNO3S. The minimum Gasteiger partial charge on any atom is -0.492 e. The van der Waals surface area contributed by atoms with Gasteiger partial charge in [0.2, 0.25) is 10.0 Å². The first-order chi connectivity index (χ1) is 12.5. The van der Waals surface area contributed by atoms with Crippen LogP contribution in [0.5, 0.6) is 5.75 Å². The Hall–Kier alpha value is -2.86. The molecular weight excluding hydrogens is 353 g/mol. The van der Waals surface area contributed by atoms with Crippen LogP contribution in [0.25, 0.3) is 11.1 Å². The van der Waals surface area contributed by atoms with Crippen molar-refractivity contribution in [2.45, 2.75) is 0 Å². The second-order valence-corrected chi connectivity index (χ2v) is 7.48. The van der Waals surface area contributed by atoms with Gasteiger partial charge in [0.05, 0.1) is 5.69 Å². The van der Waals surface area contributed by atoms with Crippen LogP contribution >= 0.6 is 0 Å². The van der Waals surface area contributed by atoms with Crippen LogP contribution in [-0.4, -0.2) is 20.8 Å². The van der Waals surface area contributed by atoms with Crippen molar-refractivity contribution in [1.82, 2.24) is 0 Å². The van der Waals surface area contributed by atoms with Crippen LogP contribution in [0.2, 0.25) is 0 Å². The summed E-state index contributed by atoms with van der Waals surface area (Å²) < 4.78 is 45.6. The van der Waals surface area contributed by atoms with Crippen molar-refractivity contribution in [3.63, 3.8) is 0 Å². The number of hydrogen-bond acceptors (Lipinski definition) is 3. The third kappa shape index (κ3) is 4.83. The molecule has 0 unspecified atom stereocenters. The first-order valence-electron chi connectivity index (χ1n) is 8.07. The van der Waals surface area contributed by atoms with Gasteiger partial charge >= 0.3 is 0 Å². The maximum Gasteiger partial charge on any atom is 0.236 e. The first-order valence-corrected chi connectivity index (χ1v) is 9.72. The minimum atomic E-state index is -3.59. The molecule has 0 radical (unpaired) electrons. The van der Waals surface area contributed by atoms with Gasteiger partial charge < -0.3 is 4.74 Å². The van der Waals surface area contributed by atoms with E-state index in [0.717, 1.165) is 11.1 Å². The predicted octanol–water partition coefficient (Wildman–Crippen LogP) is 4.31. The molecule has 0 saturated heterocycles. The van der Waals surface area contributed by atoms with Crippen LogP contribution in [0.1, 0.15) is 0 Å². The Morgan fingerprint density at radius 3 is 2.23 bits per heavy atom. The van der Waals surface area contributed by atoms with Crippen LogP contribution in [0.3, 0.4) is 0 Å². The molecule has 0 fully saturated rings. The monoisotopic (exact) mass is 371 g/mol. The summed E-state index contributed by atoms with van der Waals surface area (Å²) >= 11 is 0. The second-order valence-electron chi connectivity index (χ2n) is 5.63. The maximum absolute atomic E-state index is 12.9. The summed E-state index contributed by atoms with van der Waals surface area (Å²) in [5.74, 6) is -0.163. The molecule has 0 amide bonds. The number of anilines is 1. The third-order valence-electron chi connectivity index (χ3n) is 3.71. The molecule has 3 rings (SSSR count). The third-order valence-corrected chi connectivity index (χ3v) is 4.95. The largest absolute Gasteiger partial charge is 0.492 e. The highest BCUT2D eigenvalue weighted by atomic mass is 32.2. The van der Waals surface area contributed by atoms with Gasteiger partial charge in [-0.3, -0.25) is 4.72 Å². The van der Waals surface area contributed by atoms with Crippen molar-refractivity contribution in [1.29, 1.82) is 0 Å². The van der Waals surface area contributed by atoms with Crippen molar-refractivity contribution in [3.8, 4) is 16.9 Å². The van der Waals surface area contributed by atoms with Gasteiger partial charge in [-0.25, -0.2) is 12.8 Å². The molecule has 0 aromatic heterocycles. The van der Waals surface area contributed by atoms with E-state index >= 15 is 0 Å². The molecule has 0 heterocycles. The van der Waals surface area contributed by atoms with Gasteiger partial charge in [-0.1, -0.05) is 48.5 Å². The lowest BCUT2D eigenvalue weighted by Gasteiger charge is -2.13. The molecule has 0 spiro atoms. The summed E-state index contributed by atoms with van der Waals surface area (Å²) in [5.41, 5.74) is 2.24. The van der Waals surface area contributed by atoms with Crippen LogP contribution in [0.15, 0.2) is 78.9 Å². The molecule has 4 nitrogen and oxygen atoms in total. The summed E-state index contributed by atoms with van der Waals surface area (Å²) in [6.07, 6.45) is 0. The quantitative estimate of drug-likeness (QED) is 0.673. The van der Waals surface area contributed by atoms with E-state index in [1.165, 1.54) is 24.3 Å². The van der Waals surface area contributed by atoms with Crippen molar-refractivity contribution >= 4 is 15.7 Å². The van der Waals surface area contributed by atoms with E-state index < -0.39 is 10.0 Å². The lowest BCUT2D eigenvalue weighted by molar-refractivity contribution is 0.340. The molecule has 3 aromatic rings. The van der Waals surface area contributed by atoms with Gasteiger partial charge in [-0.05, 0) is 35.9 Å². The number of sulfonamides is 1. The number of halogens is 1. The molecule has 0 aliphatic carbocycles. The minimum absolute atomic E-state index is 0.0333. The summed E-state index contributed by atoms with van der Waals surface area (Å²) in [7, 11) is -3.59. The first kappa shape index (κ1) is 17.9. The molecule has 26 heavy (non-hydrogen) atoms. The zero-order chi connectivity index (χ0) is 18.4. The highest BCUT2D eigenvalue weighted by Gasteiger charge is 2.14. The van der Waals surface area contributed by atoms with Gasteiger partial charge in [-0.2, -0.15) is 0 Å². The van der Waals surface area contributed by atoms with Crippen molar-refractivity contribution < 1.29 is 17.5 Å². The number of nitrogens with one attached hydrogen (secondary N) is 1. The Morgan fingerprint density at radius 2 is 1.50 bits per heavy atom. The predicted molar refractivity (Wildman–Crippen MR) is 101 cm³/mol. The second kappa shape index (κ2) is 8.01. The van der Waals surface area contributed by atoms with E-state index in [2.05, 4.69) is 4.72 Å². The summed E-state index contributed by atoms with van der Waals surface area (Å²) in [6, 6.07) is 22.2. The number of hydrogen-bond donors (Lipinski definition) is 1. The number of ether oxygens (including phenoxy) is 1. The molecule has 0 saturated carbocycles. The smallest absolute Gasteiger partial charge is 0.236 e. The fourth-order valence-electron chi connectivity index (χ4n) is 2.46. The summed E-state index contributed by atoms with van der Waals surface area (Å²) in [5, 5.41) is 0. The normalized spacial score (nSPS) is 11.1. The Morgan fingerprint density at radius 1 is 0.846 bits per heavy atom. The lowest BCUT2D eigenvalue weighted by atomic mass is 10.0. The highest BCUT2D eigenvalue weighted by Crippen LogP contribution is 2.28. The number of benzene rings is 3. The lowest BCUT2D eigenvalue weighted by Crippen LogP contribution is -2.21. The molecule has 0 aliphatic heterocycles. The fourth-order valence-corrected chi connectivity index (χ4v) is 3.38. The molecule has 6 heteroatoms. The number of para-hydroxylation sites is 1. The summed E-state index contributed by atoms with van der Waals surface area (Å²) in [6.45, 7) is -0.0333. The average Bonchev–Trinajstić information content (AvgIpc) is 2.64. The van der Waals surface area contributed by atoms with E-state index in [1.54, 1.807) is 12.1 Å². The topological polar surface area (TPSA) is 55.4 Å². The van der Waals surface area contributed by atoms with E-state index in [0.29, 0.717) is 11.4 Å². The van der Waals surface area contributed by atoms with Crippen molar-refractivity contribution in [2.75, 3.05) is 17.1 Å².